The van der Waals surface area contributed by atoms with Crippen LogP contribution in [0.5, 0.6) is 0 Å². The third-order valence-electron chi connectivity index (χ3n) is 2.64. The molecule has 1 heterocycles. The van der Waals surface area contributed by atoms with Gasteiger partial charge in [-0.1, -0.05) is 0 Å². The highest BCUT2D eigenvalue weighted by molar-refractivity contribution is 7.99. The van der Waals surface area contributed by atoms with Gasteiger partial charge in [-0.25, -0.2) is 27.2 Å². The number of hydrogen-bond acceptors (Lipinski definition) is 4. The normalized spacial score (nSPS) is 9.92. The monoisotopic (exact) mass is 377 g/mol. The van der Waals surface area contributed by atoms with Crippen molar-refractivity contribution in [1.29, 1.82) is 0 Å². The Kier molecular flexibility index (Phi) is 7.86. The summed E-state index contributed by atoms with van der Waals surface area (Å²) in [5, 5.41) is 14.8. The Hall–Kier alpha value is -2.62. The lowest BCUT2D eigenvalue weighted by molar-refractivity contribution is -0.159. The minimum atomic E-state index is -1.82. The van der Waals surface area contributed by atoms with Gasteiger partial charge in [0.25, 0.3) is 0 Å². The fourth-order valence-electron chi connectivity index (χ4n) is 1.50. The highest BCUT2D eigenvalue weighted by Crippen LogP contribution is 2.29. The van der Waals surface area contributed by atoms with Crippen molar-refractivity contribution in [3.8, 4) is 0 Å². The summed E-state index contributed by atoms with van der Waals surface area (Å²) in [7, 11) is 0. The quantitative estimate of drug-likeness (QED) is 0.368. The number of carboxylic acids is 2. The first-order valence-electron chi connectivity index (χ1n) is 6.55. The van der Waals surface area contributed by atoms with Crippen LogP contribution in [0.2, 0.25) is 0 Å². The van der Waals surface area contributed by atoms with Crippen LogP contribution < -0.4 is 0 Å². The summed E-state index contributed by atoms with van der Waals surface area (Å²) in [6.07, 6.45) is 3.72. The zero-order valence-corrected chi connectivity index (χ0v) is 13.2. The smallest absolute Gasteiger partial charge is 0.414 e. The van der Waals surface area contributed by atoms with E-state index >= 15 is 0 Å². The first-order valence-corrected chi connectivity index (χ1v) is 7.53. The van der Waals surface area contributed by atoms with Crippen LogP contribution in [0.25, 0.3) is 0 Å². The van der Waals surface area contributed by atoms with Crippen molar-refractivity contribution in [2.45, 2.75) is 11.3 Å². The number of aryl methyl sites for hydroxylation is 1. The predicted octanol–water partition coefficient (Wildman–Crippen LogP) is 3.13. The molecule has 2 aromatic rings. The van der Waals surface area contributed by atoms with Gasteiger partial charge >= 0.3 is 11.9 Å². The Morgan fingerprint density at radius 3 is 1.88 bits per heavy atom. The molecule has 0 spiro atoms. The Morgan fingerprint density at radius 2 is 1.44 bits per heavy atom. The summed E-state index contributed by atoms with van der Waals surface area (Å²) in [6, 6.07) is 3.73. The molecule has 0 fully saturated rings. The van der Waals surface area contributed by atoms with Crippen LogP contribution in [0.3, 0.4) is 0 Å². The van der Waals surface area contributed by atoms with Gasteiger partial charge in [0.15, 0.2) is 23.3 Å². The second kappa shape index (κ2) is 9.62. The summed E-state index contributed by atoms with van der Waals surface area (Å²) < 4.78 is 52.6. The Balaban J connectivity index is 0.000000450. The van der Waals surface area contributed by atoms with Crippen molar-refractivity contribution < 1.29 is 37.4 Å². The number of aromatic nitrogens is 1. The number of hydrogen-bond donors (Lipinski definition) is 2. The van der Waals surface area contributed by atoms with Crippen LogP contribution in [-0.2, 0) is 16.0 Å². The highest BCUT2D eigenvalue weighted by Gasteiger charge is 2.19. The van der Waals surface area contributed by atoms with E-state index in [4.69, 9.17) is 19.8 Å². The molecule has 0 saturated carbocycles. The van der Waals surface area contributed by atoms with Gasteiger partial charge in [-0.15, -0.1) is 11.8 Å². The van der Waals surface area contributed by atoms with E-state index in [1.54, 1.807) is 24.5 Å². The van der Waals surface area contributed by atoms with Gasteiger partial charge in [-0.05, 0) is 24.1 Å². The topological polar surface area (TPSA) is 87.5 Å². The first-order chi connectivity index (χ1) is 11.7. The summed E-state index contributed by atoms with van der Waals surface area (Å²) >= 11 is 0.746. The van der Waals surface area contributed by atoms with E-state index in [1.807, 2.05) is 0 Å². The molecule has 0 bridgehead atoms. The maximum atomic E-state index is 13.4. The molecule has 0 atom stereocenters. The number of carboxylic acid groups (broad SMARTS) is 2. The molecule has 0 aliphatic heterocycles. The summed E-state index contributed by atoms with van der Waals surface area (Å²) in [5.74, 6) is -8.81. The fraction of sp³-hybridized carbons (Fsp3) is 0.133. The molecular weight excluding hydrogens is 366 g/mol. The Bertz CT molecular complexity index is 721. The maximum absolute atomic E-state index is 13.4. The third kappa shape index (κ3) is 6.42. The van der Waals surface area contributed by atoms with E-state index < -0.39 is 40.1 Å². The molecule has 2 N–H and O–H groups in total. The first kappa shape index (κ1) is 20.4. The van der Waals surface area contributed by atoms with Crippen molar-refractivity contribution in [3.63, 3.8) is 0 Å². The second-order valence-corrected chi connectivity index (χ2v) is 5.47. The third-order valence-corrected chi connectivity index (χ3v) is 3.70. The number of rotatable bonds is 4. The number of thioether (sulfide) groups is 1. The van der Waals surface area contributed by atoms with Gasteiger partial charge in [0.1, 0.15) is 0 Å². The van der Waals surface area contributed by atoms with Crippen molar-refractivity contribution in [3.05, 3.63) is 59.4 Å². The molecule has 0 amide bonds. The number of benzene rings is 1. The lowest BCUT2D eigenvalue weighted by Gasteiger charge is -2.06. The molecule has 0 saturated heterocycles. The standard InChI is InChI=1S/C13H9F4NS.C2H2O4/c14-9-7-10(15)12(17)13(11(9)16)19-6-3-8-1-4-18-5-2-8;3-1(4)2(5)6/h1-2,4-5,7H,3,6H2;(H,3,4)(H,5,6). The van der Waals surface area contributed by atoms with Gasteiger partial charge in [-0.3, -0.25) is 4.98 Å². The van der Waals surface area contributed by atoms with E-state index in [0.717, 1.165) is 17.3 Å². The predicted molar refractivity (Wildman–Crippen MR) is 80.2 cm³/mol. The maximum Gasteiger partial charge on any atom is 0.414 e. The summed E-state index contributed by atoms with van der Waals surface area (Å²) in [6.45, 7) is 0. The fourth-order valence-corrected chi connectivity index (χ4v) is 2.49. The van der Waals surface area contributed by atoms with Gasteiger partial charge in [-0.2, -0.15) is 0 Å². The van der Waals surface area contributed by atoms with Crippen LogP contribution in [0.1, 0.15) is 5.56 Å². The van der Waals surface area contributed by atoms with Crippen LogP contribution in [0.4, 0.5) is 17.6 Å². The molecule has 0 aliphatic rings. The molecule has 10 heteroatoms. The zero-order chi connectivity index (χ0) is 19.0. The van der Waals surface area contributed by atoms with Gasteiger partial charge < -0.3 is 10.2 Å². The van der Waals surface area contributed by atoms with E-state index in [-0.39, 0.29) is 6.07 Å². The molecule has 25 heavy (non-hydrogen) atoms. The van der Waals surface area contributed by atoms with E-state index in [2.05, 4.69) is 4.98 Å². The van der Waals surface area contributed by atoms with Crippen LogP contribution in [-0.4, -0.2) is 32.9 Å². The molecule has 134 valence electrons. The average molecular weight is 377 g/mol. The van der Waals surface area contributed by atoms with Gasteiger partial charge in [0, 0.05) is 24.2 Å². The summed E-state index contributed by atoms with van der Waals surface area (Å²) in [4.78, 5) is 21.4. The number of nitrogens with zero attached hydrogens (tertiary/aromatic N) is 1. The van der Waals surface area contributed by atoms with Crippen molar-refractivity contribution in [1.82, 2.24) is 4.98 Å². The minimum Gasteiger partial charge on any atom is -0.473 e. The summed E-state index contributed by atoms with van der Waals surface area (Å²) in [5.41, 5.74) is 0.931. The Morgan fingerprint density at radius 1 is 0.960 bits per heavy atom. The molecule has 5 nitrogen and oxygen atoms in total. The second-order valence-electron chi connectivity index (χ2n) is 4.36. The van der Waals surface area contributed by atoms with Crippen LogP contribution in [0.15, 0.2) is 35.5 Å². The molecule has 1 aromatic heterocycles. The lowest BCUT2D eigenvalue weighted by Crippen LogP contribution is -2.09. The largest absolute Gasteiger partial charge is 0.473 e. The number of halogens is 4. The molecule has 0 aliphatic carbocycles. The van der Waals surface area contributed by atoms with E-state index in [1.165, 1.54) is 0 Å². The highest BCUT2D eigenvalue weighted by atomic mass is 32.2. The van der Waals surface area contributed by atoms with Crippen LogP contribution >= 0.6 is 11.8 Å². The number of pyridine rings is 1. The molecular formula is C15H11F4NO4S. The molecule has 0 unspecified atom stereocenters. The molecule has 1 aromatic carbocycles. The SMILES string of the molecule is Fc1cc(F)c(F)c(SCCc2ccncc2)c1F.O=C(O)C(=O)O. The van der Waals surface area contributed by atoms with Crippen LogP contribution in [0, 0.1) is 23.3 Å². The van der Waals surface area contributed by atoms with Crippen molar-refractivity contribution in [2.24, 2.45) is 0 Å². The van der Waals surface area contributed by atoms with Crippen molar-refractivity contribution in [2.75, 3.05) is 5.75 Å². The molecule has 0 radical (unpaired) electrons. The number of aliphatic carboxylic acids is 2. The Labute approximate surface area is 143 Å². The average Bonchev–Trinajstić information content (AvgIpc) is 2.57. The zero-order valence-electron chi connectivity index (χ0n) is 12.4. The van der Waals surface area contributed by atoms with Gasteiger partial charge in [0.05, 0.1) is 4.90 Å². The van der Waals surface area contributed by atoms with Gasteiger partial charge in [0.2, 0.25) is 0 Å². The molecule has 2 rings (SSSR count). The number of carbonyl (C=O) groups is 2. The van der Waals surface area contributed by atoms with Crippen molar-refractivity contribution >= 4 is 23.7 Å². The van der Waals surface area contributed by atoms with E-state index in [0.29, 0.717) is 12.2 Å². The lowest BCUT2D eigenvalue weighted by atomic mass is 10.2. The minimum absolute atomic E-state index is 0.206. The van der Waals surface area contributed by atoms with E-state index in [9.17, 15) is 17.6 Å².